The molecular formula is C17H16N2O. The van der Waals surface area contributed by atoms with Gasteiger partial charge < -0.3 is 10.5 Å². The van der Waals surface area contributed by atoms with Crippen molar-refractivity contribution in [3.05, 3.63) is 66.2 Å². The molecule has 2 aromatic carbocycles. The van der Waals surface area contributed by atoms with Crippen LogP contribution in [0, 0.1) is 0 Å². The molecule has 0 amide bonds. The maximum atomic E-state index is 5.73. The van der Waals surface area contributed by atoms with Gasteiger partial charge >= 0.3 is 0 Å². The molecule has 0 bridgehead atoms. The predicted molar refractivity (Wildman–Crippen MR) is 81.0 cm³/mol. The van der Waals surface area contributed by atoms with Crippen molar-refractivity contribution in [2.24, 2.45) is 5.73 Å². The van der Waals surface area contributed by atoms with Crippen LogP contribution in [0.25, 0.3) is 10.9 Å². The lowest BCUT2D eigenvalue weighted by Gasteiger charge is -2.06. The second-order valence-electron chi connectivity index (χ2n) is 4.63. The Labute approximate surface area is 118 Å². The summed E-state index contributed by atoms with van der Waals surface area (Å²) in [5.41, 5.74) is 7.74. The first kappa shape index (κ1) is 12.6. The molecule has 0 spiro atoms. The fourth-order valence-corrected chi connectivity index (χ4v) is 2.14. The smallest absolute Gasteiger partial charge is 0.219 e. The van der Waals surface area contributed by atoms with Crippen LogP contribution in [0.15, 0.2) is 60.7 Å². The lowest BCUT2D eigenvalue weighted by molar-refractivity contribution is 0.465. The van der Waals surface area contributed by atoms with Crippen LogP contribution >= 0.6 is 0 Å². The molecule has 100 valence electrons. The van der Waals surface area contributed by atoms with Crippen LogP contribution in [0.5, 0.6) is 11.6 Å². The lowest BCUT2D eigenvalue weighted by Crippen LogP contribution is -2.02. The number of rotatable bonds is 4. The highest BCUT2D eigenvalue weighted by atomic mass is 16.5. The van der Waals surface area contributed by atoms with Crippen molar-refractivity contribution >= 4 is 10.9 Å². The van der Waals surface area contributed by atoms with Crippen molar-refractivity contribution in [1.29, 1.82) is 0 Å². The van der Waals surface area contributed by atoms with Crippen LogP contribution in [-0.4, -0.2) is 11.5 Å². The minimum absolute atomic E-state index is 0.607. The van der Waals surface area contributed by atoms with Gasteiger partial charge in [-0.05, 0) is 48.9 Å². The highest BCUT2D eigenvalue weighted by molar-refractivity contribution is 5.79. The number of pyridine rings is 1. The van der Waals surface area contributed by atoms with Crippen LogP contribution < -0.4 is 10.5 Å². The maximum Gasteiger partial charge on any atom is 0.219 e. The molecule has 3 nitrogen and oxygen atoms in total. The van der Waals surface area contributed by atoms with E-state index in [0.29, 0.717) is 12.4 Å². The van der Waals surface area contributed by atoms with E-state index in [9.17, 15) is 0 Å². The van der Waals surface area contributed by atoms with Gasteiger partial charge in [-0.1, -0.05) is 24.3 Å². The molecule has 1 aromatic heterocycles. The Hall–Kier alpha value is -2.39. The fraction of sp³-hybridized carbons (Fsp3) is 0.118. The number of benzene rings is 2. The summed E-state index contributed by atoms with van der Waals surface area (Å²) in [4.78, 5) is 4.52. The van der Waals surface area contributed by atoms with E-state index in [1.54, 1.807) is 0 Å². The quantitative estimate of drug-likeness (QED) is 0.784. The zero-order valence-corrected chi connectivity index (χ0v) is 11.1. The molecule has 0 radical (unpaired) electrons. The molecule has 0 aliphatic carbocycles. The van der Waals surface area contributed by atoms with Crippen molar-refractivity contribution in [3.8, 4) is 11.6 Å². The first-order valence-electron chi connectivity index (χ1n) is 6.68. The Morgan fingerprint density at radius 3 is 2.60 bits per heavy atom. The number of aromatic nitrogens is 1. The first-order chi connectivity index (χ1) is 9.85. The average Bonchev–Trinajstić information content (AvgIpc) is 2.49. The van der Waals surface area contributed by atoms with Gasteiger partial charge in [-0.3, -0.25) is 0 Å². The third-order valence-corrected chi connectivity index (χ3v) is 3.13. The van der Waals surface area contributed by atoms with Crippen molar-refractivity contribution in [3.63, 3.8) is 0 Å². The predicted octanol–water partition coefficient (Wildman–Crippen LogP) is 3.53. The SMILES string of the molecule is NCCc1ccc2nc(Oc3ccccc3)ccc2c1. The second kappa shape index (κ2) is 5.72. The molecule has 0 saturated carbocycles. The third kappa shape index (κ3) is 2.78. The normalized spacial score (nSPS) is 10.7. The second-order valence-corrected chi connectivity index (χ2v) is 4.63. The van der Waals surface area contributed by atoms with Crippen molar-refractivity contribution in [1.82, 2.24) is 4.98 Å². The largest absolute Gasteiger partial charge is 0.439 e. The number of fused-ring (bicyclic) bond motifs is 1. The maximum absolute atomic E-state index is 5.73. The standard InChI is InChI=1S/C17H16N2O/c18-11-10-13-6-8-16-14(12-13)7-9-17(19-16)20-15-4-2-1-3-5-15/h1-9,12H,10-11,18H2. The summed E-state index contributed by atoms with van der Waals surface area (Å²) in [6.45, 7) is 0.661. The van der Waals surface area contributed by atoms with E-state index in [1.165, 1.54) is 5.56 Å². The Bertz CT molecular complexity index is 711. The number of ether oxygens (including phenoxy) is 1. The van der Waals surface area contributed by atoms with Crippen molar-refractivity contribution < 1.29 is 4.74 Å². The Kier molecular flexibility index (Phi) is 3.61. The minimum atomic E-state index is 0.607. The summed E-state index contributed by atoms with van der Waals surface area (Å²) >= 11 is 0. The van der Waals surface area contributed by atoms with Crippen molar-refractivity contribution in [2.75, 3.05) is 6.54 Å². The molecule has 0 saturated heterocycles. The van der Waals surface area contributed by atoms with E-state index >= 15 is 0 Å². The minimum Gasteiger partial charge on any atom is -0.439 e. The molecule has 0 unspecified atom stereocenters. The van der Waals surface area contributed by atoms with Gasteiger partial charge in [-0.25, -0.2) is 4.98 Å². The van der Waals surface area contributed by atoms with Gasteiger partial charge in [-0.15, -0.1) is 0 Å². The zero-order chi connectivity index (χ0) is 13.8. The van der Waals surface area contributed by atoms with E-state index in [1.807, 2.05) is 48.5 Å². The third-order valence-electron chi connectivity index (χ3n) is 3.13. The molecule has 1 heterocycles. The van der Waals surface area contributed by atoms with Gasteiger partial charge in [0.05, 0.1) is 5.52 Å². The molecule has 0 atom stereocenters. The van der Waals surface area contributed by atoms with Gasteiger partial charge in [0.2, 0.25) is 5.88 Å². The van der Waals surface area contributed by atoms with Gasteiger partial charge in [0.25, 0.3) is 0 Å². The molecular weight excluding hydrogens is 248 g/mol. The average molecular weight is 264 g/mol. The molecule has 3 heteroatoms. The molecule has 2 N–H and O–H groups in total. The van der Waals surface area contributed by atoms with E-state index in [0.717, 1.165) is 23.1 Å². The summed E-state index contributed by atoms with van der Waals surface area (Å²) in [5.74, 6) is 1.40. The Morgan fingerprint density at radius 1 is 0.950 bits per heavy atom. The first-order valence-corrected chi connectivity index (χ1v) is 6.68. The molecule has 20 heavy (non-hydrogen) atoms. The Morgan fingerprint density at radius 2 is 1.80 bits per heavy atom. The number of hydrogen-bond donors (Lipinski definition) is 1. The van der Waals surface area contributed by atoms with E-state index < -0.39 is 0 Å². The molecule has 0 fully saturated rings. The van der Waals surface area contributed by atoms with Gasteiger partial charge in [0.15, 0.2) is 0 Å². The topological polar surface area (TPSA) is 48.1 Å². The number of nitrogens with two attached hydrogens (primary N) is 1. The number of nitrogens with zero attached hydrogens (tertiary/aromatic N) is 1. The van der Waals surface area contributed by atoms with Crippen LogP contribution in [0.2, 0.25) is 0 Å². The molecule has 0 aliphatic rings. The van der Waals surface area contributed by atoms with Gasteiger partial charge in [0, 0.05) is 11.5 Å². The number of hydrogen-bond acceptors (Lipinski definition) is 3. The van der Waals surface area contributed by atoms with Gasteiger partial charge in [0.1, 0.15) is 5.75 Å². The summed E-state index contributed by atoms with van der Waals surface area (Å²) in [6, 6.07) is 19.8. The summed E-state index contributed by atoms with van der Waals surface area (Å²) < 4.78 is 5.73. The van der Waals surface area contributed by atoms with Crippen LogP contribution in [0.3, 0.4) is 0 Å². The van der Waals surface area contributed by atoms with E-state index in [2.05, 4.69) is 17.1 Å². The monoisotopic (exact) mass is 264 g/mol. The molecule has 3 aromatic rings. The van der Waals surface area contributed by atoms with Crippen molar-refractivity contribution in [2.45, 2.75) is 6.42 Å². The summed E-state index contributed by atoms with van der Waals surface area (Å²) in [5, 5.41) is 1.11. The molecule has 3 rings (SSSR count). The van der Waals surface area contributed by atoms with Crippen LogP contribution in [-0.2, 0) is 6.42 Å². The summed E-state index contributed by atoms with van der Waals surface area (Å²) in [6.07, 6.45) is 0.887. The van der Waals surface area contributed by atoms with Crippen LogP contribution in [0.1, 0.15) is 5.56 Å². The van der Waals surface area contributed by atoms with Crippen LogP contribution in [0.4, 0.5) is 0 Å². The fourth-order valence-electron chi connectivity index (χ4n) is 2.14. The molecule has 0 aliphatic heterocycles. The Balaban J connectivity index is 1.89. The zero-order valence-electron chi connectivity index (χ0n) is 11.1. The highest BCUT2D eigenvalue weighted by Gasteiger charge is 2.02. The highest BCUT2D eigenvalue weighted by Crippen LogP contribution is 2.22. The summed E-state index contributed by atoms with van der Waals surface area (Å²) in [7, 11) is 0. The lowest BCUT2D eigenvalue weighted by atomic mass is 10.1. The van der Waals surface area contributed by atoms with Gasteiger partial charge in [-0.2, -0.15) is 0 Å². The van der Waals surface area contributed by atoms with E-state index in [-0.39, 0.29) is 0 Å². The number of para-hydroxylation sites is 1. The van der Waals surface area contributed by atoms with E-state index in [4.69, 9.17) is 10.5 Å².